The van der Waals surface area contributed by atoms with Gasteiger partial charge in [0.25, 0.3) is 0 Å². The molecule has 0 amide bonds. The van der Waals surface area contributed by atoms with E-state index in [0.717, 1.165) is 19.3 Å². The van der Waals surface area contributed by atoms with Crippen molar-refractivity contribution in [3.8, 4) is 0 Å². The summed E-state index contributed by atoms with van der Waals surface area (Å²) in [6.45, 7) is 3.95. The van der Waals surface area contributed by atoms with E-state index in [0.29, 0.717) is 6.54 Å². The van der Waals surface area contributed by atoms with Crippen molar-refractivity contribution < 1.29 is 25.5 Å². The quantitative estimate of drug-likeness (QED) is 0.244. The molecule has 18 heavy (non-hydrogen) atoms. The van der Waals surface area contributed by atoms with Crippen molar-refractivity contribution in [2.75, 3.05) is 13.2 Å². The Morgan fingerprint density at radius 3 is 2.06 bits per heavy atom. The summed E-state index contributed by atoms with van der Waals surface area (Å²) in [4.78, 5) is 0. The molecule has 0 unspecified atom stereocenters. The maximum absolute atomic E-state index is 9.88. The lowest BCUT2D eigenvalue weighted by molar-refractivity contribution is -0.176. The molecule has 0 aliphatic heterocycles. The molecule has 0 aromatic carbocycles. The summed E-state index contributed by atoms with van der Waals surface area (Å²) in [7, 11) is 0. The topological polar surface area (TPSA) is 113 Å². The van der Waals surface area contributed by atoms with Crippen LogP contribution in [0.2, 0.25) is 0 Å². The van der Waals surface area contributed by atoms with E-state index in [4.69, 9.17) is 0 Å². The highest BCUT2D eigenvalue weighted by molar-refractivity contribution is 5.01. The van der Waals surface area contributed by atoms with Gasteiger partial charge in [-0.3, -0.25) is 0 Å². The summed E-state index contributed by atoms with van der Waals surface area (Å²) in [6.07, 6.45) is -2.68. The van der Waals surface area contributed by atoms with Crippen LogP contribution in [0.5, 0.6) is 0 Å². The fourth-order valence-corrected chi connectivity index (χ4v) is 2.40. The van der Waals surface area contributed by atoms with Crippen LogP contribution in [0.15, 0.2) is 0 Å². The lowest BCUT2D eigenvalue weighted by atomic mass is 9.77. The third kappa shape index (κ3) is 3.40. The van der Waals surface area contributed by atoms with Crippen molar-refractivity contribution in [2.24, 2.45) is 5.92 Å². The zero-order valence-corrected chi connectivity index (χ0v) is 10.4. The van der Waals surface area contributed by atoms with Crippen LogP contribution in [-0.4, -0.2) is 69.1 Å². The van der Waals surface area contributed by atoms with Gasteiger partial charge in [0.2, 0.25) is 0 Å². The van der Waals surface area contributed by atoms with E-state index in [-0.39, 0.29) is 6.61 Å². The molecule has 0 heterocycles. The van der Waals surface area contributed by atoms with Gasteiger partial charge in [-0.1, -0.05) is 6.42 Å². The van der Waals surface area contributed by atoms with Gasteiger partial charge in [-0.25, -0.2) is 0 Å². The highest BCUT2D eigenvalue weighted by atomic mass is 16.4. The fourth-order valence-electron chi connectivity index (χ4n) is 2.40. The second kappa shape index (κ2) is 7.37. The maximum atomic E-state index is 9.88. The molecule has 6 heteroatoms. The van der Waals surface area contributed by atoms with Crippen molar-refractivity contribution in [2.45, 2.75) is 49.7 Å². The number of aliphatic hydroxyl groups excluding tert-OH is 5. The molecule has 0 bridgehead atoms. The molecule has 0 saturated heterocycles. The molecular weight excluding hydrogens is 238 g/mol. The first kappa shape index (κ1) is 15.8. The summed E-state index contributed by atoms with van der Waals surface area (Å²) >= 11 is 0. The van der Waals surface area contributed by atoms with E-state index in [2.05, 4.69) is 12.2 Å². The van der Waals surface area contributed by atoms with Gasteiger partial charge < -0.3 is 37.8 Å². The largest absolute Gasteiger partial charge is 0.396 e. The first-order chi connectivity index (χ1) is 8.54. The Hall–Kier alpha value is -0.240. The molecule has 6 atom stereocenters. The third-order valence-corrected chi connectivity index (χ3v) is 3.59. The standard InChI is InChI=1S/C12H24NO5/c1-2-3-4-5-13-8-7(6-14)9(15)11(17)12(18)10(8)16/h7-18H,1-6H2/q-1/t7-,8-,9+,10+,11-,12-/m0/s1. The number of rotatable bonds is 6. The van der Waals surface area contributed by atoms with Gasteiger partial charge in [0.15, 0.2) is 0 Å². The third-order valence-electron chi connectivity index (χ3n) is 3.59. The Bertz CT molecular complexity index is 241. The van der Waals surface area contributed by atoms with Gasteiger partial charge >= 0.3 is 0 Å². The van der Waals surface area contributed by atoms with E-state index in [1.807, 2.05) is 0 Å². The predicted molar refractivity (Wildman–Crippen MR) is 65.6 cm³/mol. The van der Waals surface area contributed by atoms with Crippen LogP contribution in [0, 0.1) is 12.8 Å². The van der Waals surface area contributed by atoms with Crippen LogP contribution in [0.1, 0.15) is 19.3 Å². The molecule has 6 nitrogen and oxygen atoms in total. The van der Waals surface area contributed by atoms with Crippen LogP contribution in [0.4, 0.5) is 0 Å². The van der Waals surface area contributed by atoms with Gasteiger partial charge in [-0.2, -0.15) is 6.42 Å². The first-order valence-corrected chi connectivity index (χ1v) is 6.40. The highest BCUT2D eigenvalue weighted by Gasteiger charge is 2.48. The van der Waals surface area contributed by atoms with E-state index in [1.165, 1.54) is 0 Å². The van der Waals surface area contributed by atoms with Crippen molar-refractivity contribution in [1.29, 1.82) is 0 Å². The predicted octanol–water partition coefficient (Wildman–Crippen LogP) is -1.99. The molecule has 1 fully saturated rings. The number of unbranched alkanes of at least 4 members (excludes halogenated alkanes) is 2. The van der Waals surface area contributed by atoms with Gasteiger partial charge in [-0.15, -0.1) is 0 Å². The second-order valence-corrected chi connectivity index (χ2v) is 4.85. The lowest BCUT2D eigenvalue weighted by Crippen LogP contribution is -2.65. The van der Waals surface area contributed by atoms with Crippen molar-refractivity contribution >= 4 is 0 Å². The second-order valence-electron chi connectivity index (χ2n) is 4.85. The van der Waals surface area contributed by atoms with E-state index in [9.17, 15) is 25.5 Å². The molecular formula is C12H24NO5-. The van der Waals surface area contributed by atoms with Crippen LogP contribution < -0.4 is 5.32 Å². The molecule has 1 aliphatic carbocycles. The van der Waals surface area contributed by atoms with Crippen LogP contribution in [0.3, 0.4) is 0 Å². The summed E-state index contributed by atoms with van der Waals surface area (Å²) in [5.74, 6) is -0.696. The van der Waals surface area contributed by atoms with E-state index < -0.39 is 36.4 Å². The van der Waals surface area contributed by atoms with Crippen LogP contribution >= 0.6 is 0 Å². The number of nitrogens with one attached hydrogen (secondary N) is 1. The summed E-state index contributed by atoms with van der Waals surface area (Å²) in [5, 5.41) is 51.1. The van der Waals surface area contributed by atoms with E-state index >= 15 is 0 Å². The average Bonchev–Trinajstić information content (AvgIpc) is 2.38. The molecule has 0 radical (unpaired) electrons. The average molecular weight is 262 g/mol. The van der Waals surface area contributed by atoms with Gasteiger partial charge in [0.1, 0.15) is 12.2 Å². The van der Waals surface area contributed by atoms with Crippen molar-refractivity contribution in [3.05, 3.63) is 6.92 Å². The van der Waals surface area contributed by atoms with Gasteiger partial charge in [-0.05, 0) is 13.0 Å². The Kier molecular flexibility index (Phi) is 6.48. The number of hydrogen-bond donors (Lipinski definition) is 6. The Morgan fingerprint density at radius 2 is 1.50 bits per heavy atom. The van der Waals surface area contributed by atoms with Gasteiger partial charge in [0.05, 0.1) is 18.8 Å². The molecule has 6 N–H and O–H groups in total. The smallest absolute Gasteiger partial charge is 0.110 e. The van der Waals surface area contributed by atoms with Crippen molar-refractivity contribution in [3.63, 3.8) is 0 Å². The first-order valence-electron chi connectivity index (χ1n) is 6.40. The van der Waals surface area contributed by atoms with E-state index in [1.54, 1.807) is 0 Å². The zero-order valence-electron chi connectivity index (χ0n) is 10.4. The molecule has 0 aromatic heterocycles. The Morgan fingerprint density at radius 1 is 0.889 bits per heavy atom. The maximum Gasteiger partial charge on any atom is 0.110 e. The molecule has 108 valence electrons. The minimum absolute atomic E-state index is 0.366. The molecule has 1 aliphatic rings. The number of aliphatic hydroxyl groups is 5. The monoisotopic (exact) mass is 262 g/mol. The molecule has 0 aromatic rings. The lowest BCUT2D eigenvalue weighted by Gasteiger charge is -2.44. The SMILES string of the molecule is [CH2-]CCCCN[C@@H]1[C@@H](O)[C@H](O)[C@@H](O)[C@H](O)[C@H]1CO. The zero-order chi connectivity index (χ0) is 13.7. The number of hydrogen-bond acceptors (Lipinski definition) is 6. The highest BCUT2D eigenvalue weighted by Crippen LogP contribution is 2.26. The van der Waals surface area contributed by atoms with Crippen molar-refractivity contribution in [1.82, 2.24) is 5.32 Å². The minimum Gasteiger partial charge on any atom is -0.396 e. The van der Waals surface area contributed by atoms with Gasteiger partial charge in [0, 0.05) is 12.0 Å². The normalized spacial score (nSPS) is 41.0. The van der Waals surface area contributed by atoms with Crippen LogP contribution in [0.25, 0.3) is 0 Å². The summed E-state index contributed by atoms with van der Waals surface area (Å²) < 4.78 is 0. The molecule has 0 spiro atoms. The summed E-state index contributed by atoms with van der Waals surface area (Å²) in [5.41, 5.74) is 0. The molecule has 1 rings (SSSR count). The molecule has 1 saturated carbocycles. The Labute approximate surface area is 107 Å². The minimum atomic E-state index is -1.44. The fraction of sp³-hybridized carbons (Fsp3) is 0.917. The van der Waals surface area contributed by atoms with Crippen LogP contribution in [-0.2, 0) is 0 Å². The Balaban J connectivity index is 2.60. The summed E-state index contributed by atoms with van der Waals surface area (Å²) in [6, 6.07) is -0.631.